The Kier molecular flexibility index (Phi) is 12.8. The molecule has 0 aromatic rings. The van der Waals surface area contributed by atoms with E-state index in [1.807, 2.05) is 4.90 Å². The van der Waals surface area contributed by atoms with Crippen molar-refractivity contribution in [3.8, 4) is 0 Å². The number of Topliss-reactive ketones (excluding diaryl/α,β-unsaturated/α-hetero) is 1. The zero-order chi connectivity index (χ0) is 29.8. The molecule has 2 aliphatic heterocycles. The molecule has 0 spiro atoms. The Labute approximate surface area is 243 Å². The van der Waals surface area contributed by atoms with Gasteiger partial charge in [-0.2, -0.15) is 0 Å². The molecule has 0 aromatic heterocycles. The minimum absolute atomic E-state index is 0.0160. The minimum Gasteiger partial charge on any atom is -0.370 e. The molecule has 0 aromatic carbocycles. The van der Waals surface area contributed by atoms with Gasteiger partial charge in [-0.05, 0) is 51.5 Å². The van der Waals surface area contributed by atoms with Crippen molar-refractivity contribution in [3.05, 3.63) is 0 Å². The third-order valence-electron chi connectivity index (χ3n) is 8.40. The number of ketones is 1. The number of aliphatic imine (C=N–C) groups is 1. The number of rotatable bonds is 18. The normalized spacial score (nSPS) is 25.6. The second-order valence-electron chi connectivity index (χ2n) is 11.6. The Balaban J connectivity index is 1.67. The van der Waals surface area contributed by atoms with Gasteiger partial charge < -0.3 is 38.5 Å². The Morgan fingerprint density at radius 1 is 0.976 bits per heavy atom. The van der Waals surface area contributed by atoms with Crippen molar-refractivity contribution in [1.29, 1.82) is 0 Å². The number of carbonyl (C=O) groups is 4. The summed E-state index contributed by atoms with van der Waals surface area (Å²) in [6.45, 7) is 4.23. The molecule has 10 N–H and O–H groups in total. The molecule has 3 fully saturated rings. The van der Waals surface area contributed by atoms with Crippen LogP contribution in [0.1, 0.15) is 84.0 Å². The van der Waals surface area contributed by atoms with Crippen LogP contribution in [-0.4, -0.2) is 96.8 Å². The van der Waals surface area contributed by atoms with E-state index < -0.39 is 23.7 Å². The second kappa shape index (κ2) is 16.0. The van der Waals surface area contributed by atoms with Crippen LogP contribution < -0.4 is 38.5 Å². The molecular weight excluding hydrogens is 526 g/mol. The summed E-state index contributed by atoms with van der Waals surface area (Å²) in [6.07, 6.45) is 9.77. The molecule has 3 amide bonds. The summed E-state index contributed by atoms with van der Waals surface area (Å²) in [6, 6.07) is -2.35. The lowest BCUT2D eigenvalue weighted by atomic mass is 9.92. The van der Waals surface area contributed by atoms with Crippen molar-refractivity contribution in [1.82, 2.24) is 26.2 Å². The molecular formula is C28H51N9O4. The molecule has 0 bridgehead atoms. The van der Waals surface area contributed by atoms with Crippen molar-refractivity contribution in [3.63, 3.8) is 0 Å². The fourth-order valence-corrected chi connectivity index (χ4v) is 5.91. The van der Waals surface area contributed by atoms with E-state index in [1.165, 1.54) is 0 Å². The second-order valence-corrected chi connectivity index (χ2v) is 11.6. The van der Waals surface area contributed by atoms with Crippen molar-refractivity contribution in [2.24, 2.45) is 22.2 Å². The van der Waals surface area contributed by atoms with Gasteiger partial charge in [0.2, 0.25) is 17.7 Å². The predicted molar refractivity (Wildman–Crippen MR) is 158 cm³/mol. The summed E-state index contributed by atoms with van der Waals surface area (Å²) in [5.41, 5.74) is 15.5. The molecule has 1 aliphatic carbocycles. The molecule has 2 saturated heterocycles. The minimum atomic E-state index is -0.893. The van der Waals surface area contributed by atoms with Gasteiger partial charge in [-0.25, -0.2) is 0 Å². The van der Waals surface area contributed by atoms with Crippen LogP contribution in [0, 0.1) is 0 Å². The number of amides is 3. The van der Waals surface area contributed by atoms with Crippen molar-refractivity contribution in [2.75, 3.05) is 32.7 Å². The highest BCUT2D eigenvalue weighted by Crippen LogP contribution is 2.46. The van der Waals surface area contributed by atoms with E-state index in [4.69, 9.17) is 17.2 Å². The van der Waals surface area contributed by atoms with Gasteiger partial charge in [0.15, 0.2) is 11.7 Å². The Bertz CT molecular complexity index is 936. The monoisotopic (exact) mass is 577 g/mol. The molecule has 13 nitrogen and oxygen atoms in total. The van der Waals surface area contributed by atoms with Crippen LogP contribution in [0.15, 0.2) is 4.99 Å². The van der Waals surface area contributed by atoms with Crippen LogP contribution in [0.3, 0.4) is 0 Å². The first-order valence-electron chi connectivity index (χ1n) is 15.4. The van der Waals surface area contributed by atoms with Crippen LogP contribution in [0.5, 0.6) is 0 Å². The Hall–Kier alpha value is -2.77. The van der Waals surface area contributed by atoms with Crippen molar-refractivity contribution >= 4 is 29.5 Å². The topological polar surface area (TPSA) is 210 Å². The number of guanidine groups is 1. The SMILES string of the molecule is CCCC[C@@H]1NC[C@H](C(=O)C2(N3C[C@H](C(=O)NCCCCCCCN)NC(=O)[C@@H]3CCCN=C(N)N)CC2)NC1=O. The lowest BCUT2D eigenvalue weighted by molar-refractivity contribution is -0.144. The maximum atomic E-state index is 13.9. The molecule has 232 valence electrons. The van der Waals surface area contributed by atoms with Gasteiger partial charge in [0, 0.05) is 26.2 Å². The number of nitrogens with zero attached hydrogens (tertiary/aromatic N) is 2. The molecule has 0 radical (unpaired) electrons. The highest BCUT2D eigenvalue weighted by atomic mass is 16.2. The average molecular weight is 578 g/mol. The van der Waals surface area contributed by atoms with Gasteiger partial charge in [0.05, 0.1) is 17.6 Å². The summed E-state index contributed by atoms with van der Waals surface area (Å²) in [5, 5.41) is 12.0. The molecule has 3 aliphatic rings. The summed E-state index contributed by atoms with van der Waals surface area (Å²) in [5.74, 6) is -0.818. The molecule has 3 rings (SSSR count). The summed E-state index contributed by atoms with van der Waals surface area (Å²) >= 11 is 0. The first-order valence-corrected chi connectivity index (χ1v) is 15.4. The summed E-state index contributed by atoms with van der Waals surface area (Å²) < 4.78 is 0. The van der Waals surface area contributed by atoms with Crippen LogP contribution in [0.4, 0.5) is 0 Å². The van der Waals surface area contributed by atoms with Gasteiger partial charge in [0.1, 0.15) is 12.1 Å². The van der Waals surface area contributed by atoms with E-state index in [2.05, 4.69) is 33.2 Å². The lowest BCUT2D eigenvalue weighted by Gasteiger charge is -2.44. The number of carbonyl (C=O) groups excluding carboxylic acids is 4. The first-order chi connectivity index (χ1) is 19.7. The smallest absolute Gasteiger partial charge is 0.243 e. The molecule has 4 atom stereocenters. The van der Waals surface area contributed by atoms with Gasteiger partial charge in [-0.1, -0.05) is 39.0 Å². The Morgan fingerprint density at radius 3 is 2.34 bits per heavy atom. The highest BCUT2D eigenvalue weighted by Gasteiger charge is 2.60. The third kappa shape index (κ3) is 9.11. The van der Waals surface area contributed by atoms with Gasteiger partial charge >= 0.3 is 0 Å². The molecule has 0 unspecified atom stereocenters. The number of unbranched alkanes of at least 4 members (excludes halogenated alkanes) is 5. The van der Waals surface area contributed by atoms with Crippen LogP contribution in [-0.2, 0) is 19.2 Å². The zero-order valence-electron chi connectivity index (χ0n) is 24.6. The van der Waals surface area contributed by atoms with Crippen LogP contribution in [0.2, 0.25) is 0 Å². The Morgan fingerprint density at radius 2 is 1.68 bits per heavy atom. The van der Waals surface area contributed by atoms with E-state index >= 15 is 0 Å². The molecule has 2 heterocycles. The first kappa shape index (κ1) is 32.7. The van der Waals surface area contributed by atoms with E-state index in [1.54, 1.807) is 0 Å². The van der Waals surface area contributed by atoms with E-state index in [0.29, 0.717) is 51.9 Å². The van der Waals surface area contributed by atoms with Gasteiger partial charge in [-0.3, -0.25) is 29.1 Å². The van der Waals surface area contributed by atoms with Crippen LogP contribution >= 0.6 is 0 Å². The maximum absolute atomic E-state index is 13.9. The largest absolute Gasteiger partial charge is 0.370 e. The van der Waals surface area contributed by atoms with Crippen LogP contribution in [0.25, 0.3) is 0 Å². The molecule has 13 heteroatoms. The number of piperazine rings is 2. The molecule has 41 heavy (non-hydrogen) atoms. The predicted octanol–water partition coefficient (Wildman–Crippen LogP) is -1.02. The lowest BCUT2D eigenvalue weighted by Crippen LogP contribution is -2.70. The average Bonchev–Trinajstić information content (AvgIpc) is 3.76. The fraction of sp³-hybridized carbons (Fsp3) is 0.821. The van der Waals surface area contributed by atoms with E-state index in [9.17, 15) is 19.2 Å². The van der Waals surface area contributed by atoms with E-state index in [-0.39, 0.29) is 42.1 Å². The van der Waals surface area contributed by atoms with Gasteiger partial charge in [-0.15, -0.1) is 0 Å². The number of hydrogen-bond donors (Lipinski definition) is 7. The van der Waals surface area contributed by atoms with Crippen molar-refractivity contribution < 1.29 is 19.2 Å². The molecule has 1 saturated carbocycles. The highest BCUT2D eigenvalue weighted by molar-refractivity contribution is 6.01. The van der Waals surface area contributed by atoms with Crippen molar-refractivity contribution in [2.45, 2.75) is 114 Å². The zero-order valence-corrected chi connectivity index (χ0v) is 24.6. The quantitative estimate of drug-likeness (QED) is 0.0603. The summed E-state index contributed by atoms with van der Waals surface area (Å²) in [7, 11) is 0. The third-order valence-corrected chi connectivity index (χ3v) is 8.40. The maximum Gasteiger partial charge on any atom is 0.243 e. The fourth-order valence-electron chi connectivity index (χ4n) is 5.91. The number of hydrogen-bond acceptors (Lipinski definition) is 8. The standard InChI is InChI=1S/C28H51N9O4/c1-2-3-10-19-25(40)35-20(17-34-19)23(38)28(12-13-28)37-18-21(24(39)32-15-8-6-4-5-7-14-29)36-26(41)22(37)11-9-16-33-27(30)31/h19-22,34H,2-18,29H2,1H3,(H,32,39)(H,35,40)(H,36,41)(H4,30,31,33)/t19-,20+,21+,22-/m0/s1. The number of nitrogens with two attached hydrogens (primary N) is 3. The summed E-state index contributed by atoms with van der Waals surface area (Å²) in [4.78, 5) is 59.0. The van der Waals surface area contributed by atoms with E-state index in [0.717, 1.165) is 51.4 Å². The van der Waals surface area contributed by atoms with Gasteiger partial charge in [0.25, 0.3) is 0 Å². The number of nitrogens with one attached hydrogen (secondary N) is 4.